The largest absolute Gasteiger partial charge is 0.506 e. The quantitative estimate of drug-likeness (QED) is 0.660. The van der Waals surface area contributed by atoms with Crippen molar-refractivity contribution >= 4 is 11.0 Å². The van der Waals surface area contributed by atoms with Crippen LogP contribution in [0.25, 0.3) is 11.0 Å². The maximum Gasteiger partial charge on any atom is 0.161 e. The molecule has 0 spiro atoms. The maximum absolute atomic E-state index is 10.6. The van der Waals surface area contributed by atoms with E-state index in [-0.39, 0.29) is 11.8 Å². The van der Waals surface area contributed by atoms with Gasteiger partial charge in [0, 0.05) is 36.3 Å². The smallest absolute Gasteiger partial charge is 0.161 e. The SMILES string of the molecule is OC1=C(Oc2cccc3c2CNCC3)C[C@@H](n2ccc3cncnc32)[C@@H]1O. The third-order valence-electron chi connectivity index (χ3n) is 5.40. The molecule has 1 aromatic carbocycles. The third kappa shape index (κ3) is 2.67. The number of hydrogen-bond acceptors (Lipinski definition) is 6. The van der Waals surface area contributed by atoms with E-state index in [0.717, 1.165) is 41.9 Å². The second-order valence-electron chi connectivity index (χ2n) is 6.97. The van der Waals surface area contributed by atoms with Crippen LogP contribution < -0.4 is 10.1 Å². The number of benzene rings is 1. The zero-order valence-electron chi connectivity index (χ0n) is 14.7. The fourth-order valence-electron chi connectivity index (χ4n) is 3.97. The third-order valence-corrected chi connectivity index (χ3v) is 5.40. The van der Waals surface area contributed by atoms with Gasteiger partial charge in [0.2, 0.25) is 0 Å². The molecule has 0 saturated carbocycles. The molecule has 3 heterocycles. The normalized spacial score (nSPS) is 22.3. The molecular weight excluding hydrogens is 344 g/mol. The highest BCUT2D eigenvalue weighted by Crippen LogP contribution is 2.38. The van der Waals surface area contributed by atoms with Gasteiger partial charge in [0.15, 0.2) is 5.76 Å². The average molecular weight is 364 g/mol. The molecule has 1 aliphatic carbocycles. The highest BCUT2D eigenvalue weighted by molar-refractivity contribution is 5.75. The first kappa shape index (κ1) is 16.3. The lowest BCUT2D eigenvalue weighted by Crippen LogP contribution is -2.24. The van der Waals surface area contributed by atoms with Gasteiger partial charge in [-0.3, -0.25) is 0 Å². The van der Waals surface area contributed by atoms with Crippen LogP contribution in [0.15, 0.2) is 54.5 Å². The summed E-state index contributed by atoms with van der Waals surface area (Å²) >= 11 is 0. The van der Waals surface area contributed by atoms with E-state index in [9.17, 15) is 10.2 Å². The lowest BCUT2D eigenvalue weighted by atomic mass is 10.0. The minimum absolute atomic E-state index is 0.114. The Hall–Kier alpha value is -2.90. The van der Waals surface area contributed by atoms with Gasteiger partial charge in [0.1, 0.15) is 29.6 Å². The van der Waals surface area contributed by atoms with Crippen molar-refractivity contribution < 1.29 is 14.9 Å². The van der Waals surface area contributed by atoms with Gasteiger partial charge in [-0.2, -0.15) is 0 Å². The second kappa shape index (κ2) is 6.37. The molecule has 5 rings (SSSR count). The van der Waals surface area contributed by atoms with Crippen LogP contribution in [0.3, 0.4) is 0 Å². The van der Waals surface area contributed by atoms with Crippen molar-refractivity contribution in [2.24, 2.45) is 0 Å². The van der Waals surface area contributed by atoms with Crippen LogP contribution >= 0.6 is 0 Å². The van der Waals surface area contributed by atoms with E-state index in [4.69, 9.17) is 4.74 Å². The lowest BCUT2D eigenvalue weighted by molar-refractivity contribution is 0.118. The lowest BCUT2D eigenvalue weighted by Gasteiger charge is -2.21. The van der Waals surface area contributed by atoms with Gasteiger partial charge in [-0.25, -0.2) is 9.97 Å². The number of hydrogen-bond donors (Lipinski definition) is 3. The summed E-state index contributed by atoms with van der Waals surface area (Å²) in [4.78, 5) is 8.32. The average Bonchev–Trinajstić information content (AvgIpc) is 3.25. The zero-order valence-corrected chi connectivity index (χ0v) is 14.7. The number of rotatable bonds is 3. The maximum atomic E-state index is 10.6. The van der Waals surface area contributed by atoms with Gasteiger partial charge >= 0.3 is 0 Å². The summed E-state index contributed by atoms with van der Waals surface area (Å²) in [6.07, 6.45) is 5.37. The fourth-order valence-corrected chi connectivity index (χ4v) is 3.97. The van der Waals surface area contributed by atoms with Crippen molar-refractivity contribution in [3.05, 3.63) is 65.6 Å². The van der Waals surface area contributed by atoms with Gasteiger partial charge in [0.05, 0.1) is 6.04 Å². The Morgan fingerprint density at radius 2 is 2.19 bits per heavy atom. The highest BCUT2D eigenvalue weighted by Gasteiger charge is 2.37. The number of aromatic nitrogens is 3. The number of aliphatic hydroxyl groups excluding tert-OH is 2. The first-order valence-corrected chi connectivity index (χ1v) is 9.08. The number of nitrogens with one attached hydrogen (secondary N) is 1. The number of allylic oxidation sites excluding steroid dienone is 1. The molecule has 1 aliphatic heterocycles. The van der Waals surface area contributed by atoms with Crippen molar-refractivity contribution in [3.63, 3.8) is 0 Å². The molecule has 0 radical (unpaired) electrons. The molecule has 0 fully saturated rings. The molecule has 27 heavy (non-hydrogen) atoms. The van der Waals surface area contributed by atoms with Gasteiger partial charge < -0.3 is 24.8 Å². The Bertz CT molecular complexity index is 1040. The standard InChI is InChI=1S/C20H20N4O3/c25-18-15(24-7-5-13-9-22-11-23-20(13)24)8-17(19(18)26)27-16-3-1-2-12-4-6-21-10-14(12)16/h1-3,5,7,9,11,15,18,21,25-26H,4,6,8,10H2/t15-,18+/m1/s1. The van der Waals surface area contributed by atoms with E-state index in [1.165, 1.54) is 11.9 Å². The predicted molar refractivity (Wildman–Crippen MR) is 99.3 cm³/mol. The molecule has 138 valence electrons. The topological polar surface area (TPSA) is 92.4 Å². The van der Waals surface area contributed by atoms with Crippen molar-refractivity contribution in [2.45, 2.75) is 31.5 Å². The molecular formula is C20H20N4O3. The number of nitrogens with zero attached hydrogens (tertiary/aromatic N) is 3. The van der Waals surface area contributed by atoms with Crippen molar-refractivity contribution in [3.8, 4) is 5.75 Å². The van der Waals surface area contributed by atoms with Gasteiger partial charge in [-0.1, -0.05) is 12.1 Å². The minimum atomic E-state index is -1.04. The Labute approximate surface area is 155 Å². The van der Waals surface area contributed by atoms with E-state index in [0.29, 0.717) is 12.2 Å². The van der Waals surface area contributed by atoms with E-state index in [1.54, 1.807) is 6.20 Å². The van der Waals surface area contributed by atoms with E-state index in [2.05, 4.69) is 21.4 Å². The van der Waals surface area contributed by atoms with E-state index < -0.39 is 6.10 Å². The molecule has 2 atom stereocenters. The Kier molecular flexibility index (Phi) is 3.84. The van der Waals surface area contributed by atoms with Gasteiger partial charge in [-0.05, 0) is 30.7 Å². The van der Waals surface area contributed by atoms with Crippen LogP contribution in [0, 0.1) is 0 Å². The molecule has 7 heteroatoms. The molecule has 2 aromatic heterocycles. The van der Waals surface area contributed by atoms with Crippen LogP contribution in [-0.4, -0.2) is 37.4 Å². The molecule has 0 bridgehead atoms. The zero-order chi connectivity index (χ0) is 18.4. The van der Waals surface area contributed by atoms with Crippen molar-refractivity contribution in [1.82, 2.24) is 19.9 Å². The van der Waals surface area contributed by atoms with Crippen LogP contribution in [0.1, 0.15) is 23.6 Å². The summed E-state index contributed by atoms with van der Waals surface area (Å²) < 4.78 is 7.95. The Morgan fingerprint density at radius 1 is 1.26 bits per heavy atom. The summed E-state index contributed by atoms with van der Waals surface area (Å²) in [5.41, 5.74) is 3.10. The predicted octanol–water partition coefficient (Wildman–Crippen LogP) is 2.23. The van der Waals surface area contributed by atoms with E-state index in [1.807, 2.05) is 29.0 Å². The molecule has 2 aliphatic rings. The summed E-state index contributed by atoms with van der Waals surface area (Å²) in [6.45, 7) is 1.69. The van der Waals surface area contributed by atoms with Gasteiger partial charge in [-0.15, -0.1) is 0 Å². The fraction of sp³-hybridized carbons (Fsp3) is 0.300. The molecule has 0 amide bonds. The molecule has 7 nitrogen and oxygen atoms in total. The Morgan fingerprint density at radius 3 is 3.11 bits per heavy atom. The Balaban J connectivity index is 1.45. The molecule has 0 saturated heterocycles. The van der Waals surface area contributed by atoms with Crippen LogP contribution in [0.4, 0.5) is 0 Å². The van der Waals surface area contributed by atoms with Crippen LogP contribution in [-0.2, 0) is 13.0 Å². The van der Waals surface area contributed by atoms with Crippen LogP contribution in [0.5, 0.6) is 5.75 Å². The first-order chi connectivity index (χ1) is 13.2. The molecule has 0 unspecified atom stereocenters. The summed E-state index contributed by atoms with van der Waals surface area (Å²) in [5, 5.41) is 25.4. The van der Waals surface area contributed by atoms with E-state index >= 15 is 0 Å². The van der Waals surface area contributed by atoms with Crippen molar-refractivity contribution in [1.29, 1.82) is 0 Å². The number of ether oxygens (including phenoxy) is 1. The highest BCUT2D eigenvalue weighted by atomic mass is 16.5. The first-order valence-electron chi connectivity index (χ1n) is 9.08. The van der Waals surface area contributed by atoms with Crippen molar-refractivity contribution in [2.75, 3.05) is 6.54 Å². The molecule has 3 N–H and O–H groups in total. The monoisotopic (exact) mass is 364 g/mol. The molecule has 3 aromatic rings. The summed E-state index contributed by atoms with van der Waals surface area (Å²) in [7, 11) is 0. The minimum Gasteiger partial charge on any atom is -0.506 e. The second-order valence-corrected chi connectivity index (χ2v) is 6.97. The number of aliphatic hydroxyl groups is 2. The van der Waals surface area contributed by atoms with Crippen LogP contribution in [0.2, 0.25) is 0 Å². The summed E-state index contributed by atoms with van der Waals surface area (Å²) in [6, 6.07) is 7.51. The number of fused-ring (bicyclic) bond motifs is 2. The van der Waals surface area contributed by atoms with Gasteiger partial charge in [0.25, 0.3) is 0 Å². The summed E-state index contributed by atoms with van der Waals surface area (Å²) in [5.74, 6) is 1.02.